The predicted octanol–water partition coefficient (Wildman–Crippen LogP) is 3.09. The first-order valence-corrected chi connectivity index (χ1v) is 7.04. The van der Waals surface area contributed by atoms with Crippen molar-refractivity contribution in [2.75, 3.05) is 19.1 Å². The lowest BCUT2D eigenvalue weighted by atomic mass is 10.1. The van der Waals surface area contributed by atoms with Crippen molar-refractivity contribution < 1.29 is 9.53 Å². The molecule has 0 saturated heterocycles. The van der Waals surface area contributed by atoms with E-state index in [1.54, 1.807) is 19.1 Å². The molecule has 21 heavy (non-hydrogen) atoms. The molecule has 1 amide bonds. The lowest BCUT2D eigenvalue weighted by molar-refractivity contribution is -0.121. The molecule has 2 rings (SSSR count). The zero-order chi connectivity index (χ0) is 15.4. The highest BCUT2D eigenvalue weighted by Crippen LogP contribution is 2.24. The van der Waals surface area contributed by atoms with E-state index >= 15 is 0 Å². The summed E-state index contributed by atoms with van der Waals surface area (Å²) in [6, 6.07) is 9.56. The van der Waals surface area contributed by atoms with Gasteiger partial charge in [-0.1, -0.05) is 13.8 Å². The summed E-state index contributed by atoms with van der Waals surface area (Å²) in [5, 5.41) is 7.19. The van der Waals surface area contributed by atoms with Crippen LogP contribution in [0.2, 0.25) is 0 Å². The second-order valence-corrected chi connectivity index (χ2v) is 5.07. The van der Waals surface area contributed by atoms with Crippen LogP contribution in [0, 0.1) is 5.92 Å². The predicted molar refractivity (Wildman–Crippen MR) is 83.4 cm³/mol. The minimum atomic E-state index is -0.00358. The van der Waals surface area contributed by atoms with Crippen LogP contribution in [-0.4, -0.2) is 30.3 Å². The quantitative estimate of drug-likeness (QED) is 0.919. The van der Waals surface area contributed by atoms with Gasteiger partial charge in [-0.3, -0.25) is 14.8 Å². The van der Waals surface area contributed by atoms with E-state index in [0.717, 1.165) is 23.4 Å². The van der Waals surface area contributed by atoms with E-state index in [0.29, 0.717) is 5.82 Å². The van der Waals surface area contributed by atoms with Crippen molar-refractivity contribution in [2.24, 2.45) is 5.92 Å². The van der Waals surface area contributed by atoms with Gasteiger partial charge in [0.1, 0.15) is 5.75 Å². The molecule has 1 N–H and O–H groups in total. The molecule has 0 unspecified atom stereocenters. The van der Waals surface area contributed by atoms with Gasteiger partial charge in [0.2, 0.25) is 5.91 Å². The number of ether oxygens (including phenoxy) is 1. The summed E-state index contributed by atoms with van der Waals surface area (Å²) >= 11 is 0. The molecule has 1 atom stereocenters. The largest absolute Gasteiger partial charge is 0.497 e. The molecular formula is C16H21N3O2. The van der Waals surface area contributed by atoms with E-state index in [1.807, 2.05) is 44.2 Å². The average molecular weight is 287 g/mol. The summed E-state index contributed by atoms with van der Waals surface area (Å²) in [5.74, 6) is 1.51. The summed E-state index contributed by atoms with van der Waals surface area (Å²) in [5.41, 5.74) is 1.87. The highest BCUT2D eigenvalue weighted by Gasteiger charge is 2.19. The second-order valence-electron chi connectivity index (χ2n) is 5.07. The number of methoxy groups -OCH3 is 1. The van der Waals surface area contributed by atoms with Crippen LogP contribution in [0.3, 0.4) is 0 Å². The van der Waals surface area contributed by atoms with Crippen LogP contribution in [-0.2, 0) is 4.79 Å². The van der Waals surface area contributed by atoms with Crippen LogP contribution in [0.25, 0.3) is 11.3 Å². The van der Waals surface area contributed by atoms with Crippen molar-refractivity contribution in [1.29, 1.82) is 0 Å². The van der Waals surface area contributed by atoms with E-state index in [4.69, 9.17) is 4.74 Å². The van der Waals surface area contributed by atoms with Crippen LogP contribution < -0.4 is 9.64 Å². The van der Waals surface area contributed by atoms with Gasteiger partial charge in [-0.15, -0.1) is 0 Å². The molecule has 0 bridgehead atoms. The Morgan fingerprint density at radius 2 is 2.05 bits per heavy atom. The molecule has 1 aromatic carbocycles. The molecule has 0 saturated carbocycles. The van der Waals surface area contributed by atoms with Gasteiger partial charge >= 0.3 is 0 Å². The van der Waals surface area contributed by atoms with Gasteiger partial charge < -0.3 is 4.74 Å². The summed E-state index contributed by atoms with van der Waals surface area (Å²) in [7, 11) is 3.39. The Kier molecular flexibility index (Phi) is 4.62. The normalized spacial score (nSPS) is 12.0. The van der Waals surface area contributed by atoms with Crippen molar-refractivity contribution in [2.45, 2.75) is 20.3 Å². The first-order valence-electron chi connectivity index (χ1n) is 7.04. The van der Waals surface area contributed by atoms with Crippen molar-refractivity contribution >= 4 is 11.7 Å². The SMILES string of the molecule is CC[C@H](C)C(=O)N(C)c1cc(-c2ccc(OC)cc2)[nH]n1. The first kappa shape index (κ1) is 15.1. The third-order valence-corrected chi connectivity index (χ3v) is 3.67. The summed E-state index contributed by atoms with van der Waals surface area (Å²) in [4.78, 5) is 13.8. The average Bonchev–Trinajstić information content (AvgIpc) is 3.02. The van der Waals surface area contributed by atoms with Crippen molar-refractivity contribution in [1.82, 2.24) is 10.2 Å². The summed E-state index contributed by atoms with van der Waals surface area (Å²) in [6.07, 6.45) is 0.818. The lowest BCUT2D eigenvalue weighted by Crippen LogP contribution is -2.31. The Balaban J connectivity index is 2.18. The number of hydrogen-bond donors (Lipinski definition) is 1. The van der Waals surface area contributed by atoms with E-state index in [-0.39, 0.29) is 11.8 Å². The monoisotopic (exact) mass is 287 g/mol. The van der Waals surface area contributed by atoms with Crippen LogP contribution >= 0.6 is 0 Å². The van der Waals surface area contributed by atoms with Gasteiger partial charge in [0, 0.05) is 19.0 Å². The third-order valence-electron chi connectivity index (χ3n) is 3.67. The number of rotatable bonds is 5. The Morgan fingerprint density at radius 3 is 2.62 bits per heavy atom. The van der Waals surface area contributed by atoms with E-state index in [1.165, 1.54) is 0 Å². The number of hydrogen-bond acceptors (Lipinski definition) is 3. The maximum absolute atomic E-state index is 12.2. The number of carbonyl (C=O) groups excluding carboxylic acids is 1. The molecule has 0 aliphatic carbocycles. The molecule has 0 aliphatic rings. The maximum atomic E-state index is 12.2. The molecule has 0 spiro atoms. The molecule has 1 aromatic heterocycles. The molecule has 5 nitrogen and oxygen atoms in total. The van der Waals surface area contributed by atoms with Gasteiger partial charge in [-0.05, 0) is 36.2 Å². The van der Waals surface area contributed by atoms with Gasteiger partial charge in [-0.25, -0.2) is 0 Å². The number of aromatic amines is 1. The fourth-order valence-corrected chi connectivity index (χ4v) is 2.02. The van der Waals surface area contributed by atoms with Crippen LogP contribution in [0.5, 0.6) is 5.75 Å². The number of carbonyl (C=O) groups is 1. The number of nitrogens with one attached hydrogen (secondary N) is 1. The fourth-order valence-electron chi connectivity index (χ4n) is 2.02. The van der Waals surface area contributed by atoms with Crippen molar-refractivity contribution in [3.05, 3.63) is 30.3 Å². The highest BCUT2D eigenvalue weighted by molar-refractivity contribution is 5.93. The number of benzene rings is 1. The van der Waals surface area contributed by atoms with Gasteiger partial charge in [0.05, 0.1) is 12.8 Å². The van der Waals surface area contributed by atoms with Crippen LogP contribution in [0.15, 0.2) is 30.3 Å². The third kappa shape index (κ3) is 3.24. The molecule has 1 heterocycles. The highest BCUT2D eigenvalue weighted by atomic mass is 16.5. The van der Waals surface area contributed by atoms with Gasteiger partial charge in [0.25, 0.3) is 0 Å². The first-order chi connectivity index (χ1) is 10.1. The van der Waals surface area contributed by atoms with Gasteiger partial charge in [-0.2, -0.15) is 5.10 Å². The molecular weight excluding hydrogens is 266 g/mol. The second kappa shape index (κ2) is 6.43. The van der Waals surface area contributed by atoms with E-state index in [2.05, 4.69) is 10.2 Å². The van der Waals surface area contributed by atoms with E-state index in [9.17, 15) is 4.79 Å². The zero-order valence-corrected chi connectivity index (χ0v) is 12.9. The Hall–Kier alpha value is -2.30. The zero-order valence-electron chi connectivity index (χ0n) is 12.9. The Labute approximate surface area is 124 Å². The van der Waals surface area contributed by atoms with E-state index < -0.39 is 0 Å². The lowest BCUT2D eigenvalue weighted by Gasteiger charge is -2.17. The van der Waals surface area contributed by atoms with Gasteiger partial charge in [0.15, 0.2) is 5.82 Å². The number of H-pyrrole nitrogens is 1. The number of amides is 1. The number of aromatic nitrogens is 2. The Bertz CT molecular complexity index is 604. The molecule has 0 aliphatic heterocycles. The summed E-state index contributed by atoms with van der Waals surface area (Å²) < 4.78 is 5.14. The molecule has 5 heteroatoms. The van der Waals surface area contributed by atoms with Crippen molar-refractivity contribution in [3.63, 3.8) is 0 Å². The number of nitrogens with zero attached hydrogens (tertiary/aromatic N) is 2. The molecule has 2 aromatic rings. The van der Waals surface area contributed by atoms with Crippen LogP contribution in [0.1, 0.15) is 20.3 Å². The van der Waals surface area contributed by atoms with Crippen molar-refractivity contribution in [3.8, 4) is 17.0 Å². The molecule has 0 fully saturated rings. The minimum Gasteiger partial charge on any atom is -0.497 e. The fraction of sp³-hybridized carbons (Fsp3) is 0.375. The Morgan fingerprint density at radius 1 is 1.38 bits per heavy atom. The van der Waals surface area contributed by atoms with Crippen LogP contribution in [0.4, 0.5) is 5.82 Å². The minimum absolute atomic E-state index is 0.00358. The summed E-state index contributed by atoms with van der Waals surface area (Å²) in [6.45, 7) is 3.93. The number of anilines is 1. The smallest absolute Gasteiger partial charge is 0.230 e. The molecule has 0 radical (unpaired) electrons. The maximum Gasteiger partial charge on any atom is 0.230 e. The topological polar surface area (TPSA) is 58.2 Å². The molecule has 112 valence electrons. The standard InChI is InChI=1S/C16H21N3O2/c1-5-11(2)16(20)19(3)15-10-14(17-18-15)12-6-8-13(21-4)9-7-12/h6-11H,5H2,1-4H3,(H,17,18)/t11-/m0/s1.